The van der Waals surface area contributed by atoms with Crippen molar-refractivity contribution in [3.05, 3.63) is 68.5 Å². The van der Waals surface area contributed by atoms with Crippen molar-refractivity contribution in [2.45, 2.75) is 39.3 Å². The van der Waals surface area contributed by atoms with E-state index < -0.39 is 17.0 Å². The summed E-state index contributed by atoms with van der Waals surface area (Å²) in [6.07, 6.45) is 0.776. The van der Waals surface area contributed by atoms with Gasteiger partial charge in [0.2, 0.25) is 5.89 Å². The summed E-state index contributed by atoms with van der Waals surface area (Å²) in [4.78, 5) is 34.4. The van der Waals surface area contributed by atoms with Gasteiger partial charge in [-0.1, -0.05) is 13.3 Å². The fourth-order valence-corrected chi connectivity index (χ4v) is 2.54. The van der Waals surface area contributed by atoms with Crippen molar-refractivity contribution in [3.63, 3.8) is 0 Å². The summed E-state index contributed by atoms with van der Waals surface area (Å²) in [6.45, 7) is 3.95. The van der Waals surface area contributed by atoms with Gasteiger partial charge in [0.1, 0.15) is 0 Å². The van der Waals surface area contributed by atoms with Crippen LogP contribution in [0.4, 0.5) is 5.69 Å². The maximum Gasteiger partial charge on any atom is 0.359 e. The van der Waals surface area contributed by atoms with Crippen molar-refractivity contribution in [2.75, 3.05) is 0 Å². The summed E-state index contributed by atoms with van der Waals surface area (Å²) >= 11 is 0. The SMILES string of the molecule is CCCCn1nc(C(=O)OC(C)c2nnc(-c3ccc([N+](=O)[O-])cc3)o2)ccc1=O. The number of nitro benzene ring substituents is 1. The molecule has 0 radical (unpaired) electrons. The fraction of sp³-hybridized carbons (Fsp3) is 0.316. The second kappa shape index (κ2) is 9.07. The first-order chi connectivity index (χ1) is 14.4. The van der Waals surface area contributed by atoms with Crippen LogP contribution in [-0.2, 0) is 11.3 Å². The first-order valence-electron chi connectivity index (χ1n) is 9.26. The highest BCUT2D eigenvalue weighted by molar-refractivity contribution is 5.87. The predicted molar refractivity (Wildman–Crippen MR) is 104 cm³/mol. The topological polar surface area (TPSA) is 143 Å². The number of aromatic nitrogens is 4. The number of ether oxygens (including phenoxy) is 1. The van der Waals surface area contributed by atoms with Gasteiger partial charge in [0.05, 0.1) is 4.92 Å². The molecule has 1 unspecified atom stereocenters. The van der Waals surface area contributed by atoms with Crippen LogP contribution >= 0.6 is 0 Å². The molecule has 0 amide bonds. The van der Waals surface area contributed by atoms with Gasteiger partial charge in [-0.3, -0.25) is 14.9 Å². The van der Waals surface area contributed by atoms with Crippen molar-refractivity contribution in [1.82, 2.24) is 20.0 Å². The number of hydrogen-bond donors (Lipinski definition) is 0. The largest absolute Gasteiger partial charge is 0.448 e. The van der Waals surface area contributed by atoms with Crippen LogP contribution in [0.5, 0.6) is 0 Å². The fourth-order valence-electron chi connectivity index (χ4n) is 2.54. The lowest BCUT2D eigenvalue weighted by Crippen LogP contribution is -2.25. The van der Waals surface area contributed by atoms with Crippen molar-refractivity contribution in [1.29, 1.82) is 0 Å². The van der Waals surface area contributed by atoms with Gasteiger partial charge < -0.3 is 9.15 Å². The normalized spacial score (nSPS) is 11.8. The van der Waals surface area contributed by atoms with Crippen LogP contribution in [0.25, 0.3) is 11.5 Å². The number of rotatable bonds is 8. The van der Waals surface area contributed by atoms with Crippen molar-refractivity contribution in [2.24, 2.45) is 0 Å². The Labute approximate surface area is 170 Å². The van der Waals surface area contributed by atoms with Crippen molar-refractivity contribution in [3.8, 4) is 11.5 Å². The zero-order valence-corrected chi connectivity index (χ0v) is 16.3. The molecule has 0 fully saturated rings. The van der Waals surface area contributed by atoms with Crippen LogP contribution in [0.2, 0.25) is 0 Å². The Hall–Kier alpha value is -3.89. The molecule has 2 aromatic heterocycles. The van der Waals surface area contributed by atoms with Gasteiger partial charge >= 0.3 is 5.97 Å². The number of benzene rings is 1. The Kier molecular flexibility index (Phi) is 6.30. The predicted octanol–water partition coefficient (Wildman–Crippen LogP) is 2.92. The van der Waals surface area contributed by atoms with E-state index >= 15 is 0 Å². The van der Waals surface area contributed by atoms with Crippen LogP contribution < -0.4 is 5.56 Å². The second-order valence-corrected chi connectivity index (χ2v) is 6.43. The number of non-ortho nitro benzene ring substituents is 1. The van der Waals surface area contributed by atoms with Gasteiger partial charge in [0.25, 0.3) is 17.1 Å². The maximum absolute atomic E-state index is 12.4. The Morgan fingerprint density at radius 2 is 1.97 bits per heavy atom. The van der Waals surface area contributed by atoms with Crippen LogP contribution in [-0.4, -0.2) is 30.9 Å². The van der Waals surface area contributed by atoms with E-state index in [4.69, 9.17) is 9.15 Å². The van der Waals surface area contributed by atoms with Gasteiger partial charge in [-0.05, 0) is 31.5 Å². The molecule has 0 saturated heterocycles. The molecule has 0 N–H and O–H groups in total. The molecule has 30 heavy (non-hydrogen) atoms. The molecule has 11 nitrogen and oxygen atoms in total. The average Bonchev–Trinajstić information content (AvgIpc) is 3.23. The molecule has 3 aromatic rings. The Morgan fingerprint density at radius 1 is 1.23 bits per heavy atom. The van der Waals surface area contributed by atoms with E-state index in [2.05, 4.69) is 15.3 Å². The van der Waals surface area contributed by atoms with Gasteiger partial charge in [-0.2, -0.15) is 5.10 Å². The zero-order chi connectivity index (χ0) is 21.7. The molecule has 156 valence electrons. The lowest BCUT2D eigenvalue weighted by molar-refractivity contribution is -0.384. The van der Waals surface area contributed by atoms with E-state index in [0.29, 0.717) is 12.1 Å². The summed E-state index contributed by atoms with van der Waals surface area (Å²) in [7, 11) is 0. The molecule has 3 rings (SSSR count). The summed E-state index contributed by atoms with van der Waals surface area (Å²) in [5.41, 5.74) is 0.126. The van der Waals surface area contributed by atoms with E-state index in [0.717, 1.165) is 12.8 Å². The summed E-state index contributed by atoms with van der Waals surface area (Å²) in [5.74, 6) is -0.548. The third-order valence-corrected chi connectivity index (χ3v) is 4.20. The minimum atomic E-state index is -0.866. The van der Waals surface area contributed by atoms with Crippen LogP contribution in [0.15, 0.2) is 45.6 Å². The molecule has 0 aliphatic carbocycles. The zero-order valence-electron chi connectivity index (χ0n) is 16.3. The van der Waals surface area contributed by atoms with Crippen LogP contribution in [0, 0.1) is 10.1 Å². The van der Waals surface area contributed by atoms with Gasteiger partial charge in [-0.15, -0.1) is 10.2 Å². The van der Waals surface area contributed by atoms with E-state index in [-0.39, 0.29) is 28.7 Å². The monoisotopic (exact) mass is 413 g/mol. The molecule has 0 spiro atoms. The third kappa shape index (κ3) is 4.74. The molecule has 1 aromatic carbocycles. The molecule has 0 saturated carbocycles. The number of nitro groups is 1. The van der Waals surface area contributed by atoms with E-state index in [1.807, 2.05) is 6.92 Å². The highest BCUT2D eigenvalue weighted by Crippen LogP contribution is 2.24. The lowest BCUT2D eigenvalue weighted by atomic mass is 10.2. The average molecular weight is 413 g/mol. The number of nitrogens with zero attached hydrogens (tertiary/aromatic N) is 5. The molecule has 11 heteroatoms. The highest BCUT2D eigenvalue weighted by atomic mass is 16.6. The van der Waals surface area contributed by atoms with Crippen LogP contribution in [0.3, 0.4) is 0 Å². The van der Waals surface area contributed by atoms with Crippen molar-refractivity contribution < 1.29 is 18.9 Å². The van der Waals surface area contributed by atoms with Crippen molar-refractivity contribution >= 4 is 11.7 Å². The smallest absolute Gasteiger partial charge is 0.359 e. The second-order valence-electron chi connectivity index (χ2n) is 6.43. The maximum atomic E-state index is 12.4. The Morgan fingerprint density at radius 3 is 2.63 bits per heavy atom. The first-order valence-corrected chi connectivity index (χ1v) is 9.26. The quantitative estimate of drug-likeness (QED) is 0.309. The molecule has 2 heterocycles. The molecular formula is C19H19N5O6. The number of hydrogen-bond acceptors (Lipinski definition) is 9. The minimum Gasteiger partial charge on any atom is -0.448 e. The molecular weight excluding hydrogens is 394 g/mol. The lowest BCUT2D eigenvalue weighted by Gasteiger charge is -2.10. The first kappa shape index (κ1) is 20.8. The van der Waals surface area contributed by atoms with Crippen LogP contribution in [0.1, 0.15) is 49.2 Å². The van der Waals surface area contributed by atoms with Gasteiger partial charge in [-0.25, -0.2) is 9.48 Å². The molecule has 0 aliphatic rings. The van der Waals surface area contributed by atoms with E-state index in [1.54, 1.807) is 6.92 Å². The number of esters is 1. The summed E-state index contributed by atoms with van der Waals surface area (Å²) in [5, 5.41) is 22.5. The number of carbonyl (C=O) groups is 1. The van der Waals surface area contributed by atoms with E-state index in [9.17, 15) is 19.7 Å². The minimum absolute atomic E-state index is 0.00680. The van der Waals surface area contributed by atoms with E-state index in [1.165, 1.54) is 41.1 Å². The highest BCUT2D eigenvalue weighted by Gasteiger charge is 2.21. The molecule has 1 atom stereocenters. The standard InChI is InChI=1S/C19H19N5O6/c1-3-4-11-23-16(25)10-9-15(22-23)19(26)29-12(2)17-20-21-18(30-17)13-5-7-14(8-6-13)24(27)28/h5-10,12H,3-4,11H2,1-2H3. The summed E-state index contributed by atoms with van der Waals surface area (Å²) < 4.78 is 12.1. The van der Waals surface area contributed by atoms with Gasteiger partial charge in [0.15, 0.2) is 11.8 Å². The number of carbonyl (C=O) groups excluding carboxylic acids is 1. The number of aryl methyl sites for hydroxylation is 1. The Balaban J connectivity index is 1.70. The number of unbranched alkanes of at least 4 members (excludes halogenated alkanes) is 1. The Bertz CT molecular complexity index is 1110. The molecule has 0 bridgehead atoms. The molecule has 0 aliphatic heterocycles. The summed E-state index contributed by atoms with van der Waals surface area (Å²) in [6, 6.07) is 8.17. The third-order valence-electron chi connectivity index (χ3n) is 4.20. The van der Waals surface area contributed by atoms with Gasteiger partial charge in [0, 0.05) is 30.3 Å².